The van der Waals surface area contributed by atoms with Crippen LogP contribution in [0.3, 0.4) is 0 Å². The van der Waals surface area contributed by atoms with Gasteiger partial charge >= 0.3 is 0 Å². The van der Waals surface area contributed by atoms with E-state index < -0.39 is 0 Å². The third-order valence-electron chi connectivity index (χ3n) is 2.65. The Labute approximate surface area is 112 Å². The third-order valence-corrected chi connectivity index (χ3v) is 2.65. The van der Waals surface area contributed by atoms with Crippen LogP contribution in [0.2, 0.25) is 0 Å². The number of nitrogens with zero attached hydrogens (tertiary/aromatic N) is 2. The Balaban J connectivity index is 2.48. The minimum absolute atomic E-state index is 0.00905. The van der Waals surface area contributed by atoms with Crippen LogP contribution in [0.25, 0.3) is 0 Å². The van der Waals surface area contributed by atoms with Gasteiger partial charge in [-0.1, -0.05) is 0 Å². The zero-order valence-corrected chi connectivity index (χ0v) is 11.1. The van der Waals surface area contributed by atoms with Crippen molar-refractivity contribution in [1.82, 2.24) is 20.6 Å². The molecule has 0 atom stereocenters. The standard InChI is InChI=1S/C12H19N5O2/c1-14-11(18)5-6-17(2)8-10-4-3-9(7-15-10)12(19)16-13/h3-4,7H,5-6,8,13H2,1-2H3,(H,14,18)(H,16,19). The Kier molecular flexibility index (Phi) is 5.91. The molecule has 104 valence electrons. The maximum atomic E-state index is 11.2. The van der Waals surface area contributed by atoms with Gasteiger partial charge in [-0.15, -0.1) is 0 Å². The van der Waals surface area contributed by atoms with E-state index in [4.69, 9.17) is 5.84 Å². The summed E-state index contributed by atoms with van der Waals surface area (Å²) in [5, 5.41) is 2.57. The first kappa shape index (κ1) is 15.1. The molecule has 19 heavy (non-hydrogen) atoms. The van der Waals surface area contributed by atoms with Gasteiger partial charge in [0, 0.05) is 32.8 Å². The average Bonchev–Trinajstić information content (AvgIpc) is 2.44. The summed E-state index contributed by atoms with van der Waals surface area (Å²) in [5.74, 6) is 4.67. The first-order chi connectivity index (χ1) is 9.06. The molecule has 1 aromatic heterocycles. The molecule has 1 aromatic rings. The highest BCUT2D eigenvalue weighted by Gasteiger charge is 2.07. The minimum Gasteiger partial charge on any atom is -0.359 e. The van der Waals surface area contributed by atoms with Crippen LogP contribution in [0.5, 0.6) is 0 Å². The third kappa shape index (κ3) is 5.02. The largest absolute Gasteiger partial charge is 0.359 e. The van der Waals surface area contributed by atoms with Crippen molar-refractivity contribution in [2.24, 2.45) is 5.84 Å². The highest BCUT2D eigenvalue weighted by molar-refractivity contribution is 5.93. The lowest BCUT2D eigenvalue weighted by Crippen LogP contribution is -2.30. The molecule has 0 aliphatic carbocycles. The van der Waals surface area contributed by atoms with E-state index in [9.17, 15) is 9.59 Å². The number of aromatic nitrogens is 1. The molecule has 0 bridgehead atoms. The van der Waals surface area contributed by atoms with Crippen molar-refractivity contribution in [3.8, 4) is 0 Å². The van der Waals surface area contributed by atoms with Crippen LogP contribution >= 0.6 is 0 Å². The summed E-state index contributed by atoms with van der Waals surface area (Å²) in [7, 11) is 3.52. The molecule has 2 amide bonds. The number of carbonyl (C=O) groups excluding carboxylic acids is 2. The summed E-state index contributed by atoms with van der Waals surface area (Å²) in [4.78, 5) is 28.5. The molecule has 0 spiro atoms. The molecule has 0 unspecified atom stereocenters. The second-order valence-electron chi connectivity index (χ2n) is 4.17. The number of amides is 2. The first-order valence-corrected chi connectivity index (χ1v) is 5.91. The zero-order chi connectivity index (χ0) is 14.3. The number of nitrogens with one attached hydrogen (secondary N) is 2. The maximum absolute atomic E-state index is 11.2. The Hall–Kier alpha value is -1.99. The molecule has 7 heteroatoms. The van der Waals surface area contributed by atoms with E-state index in [-0.39, 0.29) is 11.8 Å². The molecule has 1 rings (SSSR count). The monoisotopic (exact) mass is 265 g/mol. The van der Waals surface area contributed by atoms with Crippen molar-refractivity contribution in [3.05, 3.63) is 29.6 Å². The van der Waals surface area contributed by atoms with Crippen molar-refractivity contribution in [3.63, 3.8) is 0 Å². The van der Waals surface area contributed by atoms with Gasteiger partial charge in [-0.3, -0.25) is 20.0 Å². The number of hydrogen-bond acceptors (Lipinski definition) is 5. The number of hydrogen-bond donors (Lipinski definition) is 3. The maximum Gasteiger partial charge on any atom is 0.266 e. The van der Waals surface area contributed by atoms with Crippen LogP contribution in [0.15, 0.2) is 18.3 Å². The number of hydrazine groups is 1. The fraction of sp³-hybridized carbons (Fsp3) is 0.417. The lowest BCUT2D eigenvalue weighted by Gasteiger charge is -2.15. The van der Waals surface area contributed by atoms with Crippen molar-refractivity contribution in [2.45, 2.75) is 13.0 Å². The van der Waals surface area contributed by atoms with Gasteiger partial charge in [0.2, 0.25) is 5.91 Å². The summed E-state index contributed by atoms with van der Waals surface area (Å²) in [6, 6.07) is 3.43. The molecule has 0 aliphatic rings. The molecule has 0 saturated carbocycles. The SMILES string of the molecule is CNC(=O)CCN(C)Cc1ccc(C(=O)NN)cn1. The minimum atomic E-state index is -0.368. The molecule has 7 nitrogen and oxygen atoms in total. The van der Waals surface area contributed by atoms with Crippen molar-refractivity contribution in [2.75, 3.05) is 20.6 Å². The van der Waals surface area contributed by atoms with Crippen molar-refractivity contribution < 1.29 is 9.59 Å². The summed E-state index contributed by atoms with van der Waals surface area (Å²) in [6.45, 7) is 1.26. The second-order valence-corrected chi connectivity index (χ2v) is 4.17. The molecular weight excluding hydrogens is 246 g/mol. The van der Waals surface area contributed by atoms with Gasteiger partial charge in [0.25, 0.3) is 5.91 Å². The van der Waals surface area contributed by atoms with E-state index in [2.05, 4.69) is 10.3 Å². The predicted molar refractivity (Wildman–Crippen MR) is 70.9 cm³/mol. The molecule has 0 aliphatic heterocycles. The summed E-state index contributed by atoms with van der Waals surface area (Å²) >= 11 is 0. The summed E-state index contributed by atoms with van der Waals surface area (Å²) in [6.07, 6.45) is 1.92. The fourth-order valence-corrected chi connectivity index (χ4v) is 1.51. The quantitative estimate of drug-likeness (QED) is 0.357. The van der Waals surface area contributed by atoms with Crippen molar-refractivity contribution >= 4 is 11.8 Å². The first-order valence-electron chi connectivity index (χ1n) is 5.91. The number of pyridine rings is 1. The van der Waals surface area contributed by atoms with Gasteiger partial charge < -0.3 is 10.2 Å². The number of carbonyl (C=O) groups is 2. The van der Waals surface area contributed by atoms with Crippen LogP contribution in [0.4, 0.5) is 0 Å². The summed E-state index contributed by atoms with van der Waals surface area (Å²) in [5.41, 5.74) is 3.29. The smallest absolute Gasteiger partial charge is 0.266 e. The molecule has 0 aromatic carbocycles. The second kappa shape index (κ2) is 7.45. The Morgan fingerprint density at radius 1 is 1.42 bits per heavy atom. The van der Waals surface area contributed by atoms with Crippen LogP contribution in [0.1, 0.15) is 22.5 Å². The molecule has 0 saturated heterocycles. The van der Waals surface area contributed by atoms with Gasteiger partial charge in [0.05, 0.1) is 11.3 Å². The van der Waals surface area contributed by atoms with Crippen molar-refractivity contribution in [1.29, 1.82) is 0 Å². The lowest BCUT2D eigenvalue weighted by molar-refractivity contribution is -0.120. The Bertz CT molecular complexity index is 432. The van der Waals surface area contributed by atoms with Crippen LogP contribution < -0.4 is 16.6 Å². The fourth-order valence-electron chi connectivity index (χ4n) is 1.51. The summed E-state index contributed by atoms with van der Waals surface area (Å²) < 4.78 is 0. The molecule has 1 heterocycles. The Morgan fingerprint density at radius 3 is 2.68 bits per heavy atom. The number of nitrogens with two attached hydrogens (primary N) is 1. The Morgan fingerprint density at radius 2 is 2.16 bits per heavy atom. The lowest BCUT2D eigenvalue weighted by atomic mass is 10.2. The van der Waals surface area contributed by atoms with Gasteiger partial charge in [-0.2, -0.15) is 0 Å². The van der Waals surface area contributed by atoms with Crippen LogP contribution in [0, 0.1) is 0 Å². The zero-order valence-electron chi connectivity index (χ0n) is 11.1. The van der Waals surface area contributed by atoms with Gasteiger partial charge in [0.1, 0.15) is 0 Å². The van der Waals surface area contributed by atoms with E-state index >= 15 is 0 Å². The van der Waals surface area contributed by atoms with Gasteiger partial charge in [-0.25, -0.2) is 5.84 Å². The van der Waals surface area contributed by atoms with E-state index in [0.717, 1.165) is 5.69 Å². The highest BCUT2D eigenvalue weighted by atomic mass is 16.2. The van der Waals surface area contributed by atoms with Crippen LogP contribution in [-0.2, 0) is 11.3 Å². The van der Waals surface area contributed by atoms with Gasteiger partial charge in [-0.05, 0) is 19.2 Å². The molecule has 0 fully saturated rings. The normalized spacial score (nSPS) is 10.3. The molecule has 0 radical (unpaired) electrons. The van der Waals surface area contributed by atoms with E-state index in [1.54, 1.807) is 19.2 Å². The average molecular weight is 265 g/mol. The van der Waals surface area contributed by atoms with E-state index in [0.29, 0.717) is 25.1 Å². The predicted octanol–water partition coefficient (Wildman–Crippen LogP) is -0.747. The number of nitrogen functional groups attached to an aromatic ring is 1. The molecular formula is C12H19N5O2. The van der Waals surface area contributed by atoms with E-state index in [1.165, 1.54) is 6.20 Å². The van der Waals surface area contributed by atoms with Crippen LogP contribution in [-0.4, -0.2) is 42.3 Å². The number of rotatable bonds is 6. The topological polar surface area (TPSA) is 100 Å². The highest BCUT2D eigenvalue weighted by Crippen LogP contribution is 2.03. The van der Waals surface area contributed by atoms with E-state index in [1.807, 2.05) is 17.4 Å². The van der Waals surface area contributed by atoms with Gasteiger partial charge in [0.15, 0.2) is 0 Å². The molecule has 4 N–H and O–H groups in total.